The van der Waals surface area contributed by atoms with Crippen molar-refractivity contribution in [3.63, 3.8) is 0 Å². The van der Waals surface area contributed by atoms with Crippen LogP contribution in [0.2, 0.25) is 0 Å². The summed E-state index contributed by atoms with van der Waals surface area (Å²) in [5, 5.41) is 3.16. The van der Waals surface area contributed by atoms with Gasteiger partial charge in [0.25, 0.3) is 0 Å². The number of hydrogen-bond acceptors (Lipinski definition) is 7. The summed E-state index contributed by atoms with van der Waals surface area (Å²) < 4.78 is 16.2. The first-order valence-corrected chi connectivity index (χ1v) is 7.01. The molecule has 1 aromatic heterocycles. The highest BCUT2D eigenvalue weighted by Gasteiger charge is 2.21. The Morgan fingerprint density at radius 3 is 2.70 bits per heavy atom. The van der Waals surface area contributed by atoms with Crippen molar-refractivity contribution >= 4 is 28.4 Å². The van der Waals surface area contributed by atoms with E-state index in [1.165, 1.54) is 0 Å². The van der Waals surface area contributed by atoms with Crippen LogP contribution in [0.25, 0.3) is 11.0 Å². The van der Waals surface area contributed by atoms with Gasteiger partial charge in [0.2, 0.25) is 6.79 Å². The smallest absolute Gasteiger partial charge is 0.231 e. The highest BCUT2D eigenvalue weighted by atomic mass is 16.7. The van der Waals surface area contributed by atoms with Gasteiger partial charge in [0, 0.05) is 12.1 Å². The van der Waals surface area contributed by atoms with Crippen molar-refractivity contribution in [3.05, 3.63) is 36.4 Å². The molecule has 0 aliphatic carbocycles. The lowest BCUT2D eigenvalue weighted by atomic mass is 10.2. The molecule has 0 amide bonds. The van der Waals surface area contributed by atoms with Gasteiger partial charge in [0.1, 0.15) is 5.75 Å². The third kappa shape index (κ3) is 2.32. The van der Waals surface area contributed by atoms with Crippen molar-refractivity contribution in [1.82, 2.24) is 9.97 Å². The van der Waals surface area contributed by atoms with Gasteiger partial charge in [0.15, 0.2) is 23.1 Å². The molecule has 0 saturated carbocycles. The normalized spacial score (nSPS) is 12.4. The lowest BCUT2D eigenvalue weighted by Crippen LogP contribution is -2.03. The minimum absolute atomic E-state index is 0.163. The first-order valence-electron chi connectivity index (χ1n) is 7.01. The van der Waals surface area contributed by atoms with Gasteiger partial charge in [-0.2, -0.15) is 0 Å². The average molecular weight is 310 g/mol. The third-order valence-electron chi connectivity index (χ3n) is 3.53. The number of nitrogens with two attached hydrogens (primary N) is 1. The van der Waals surface area contributed by atoms with Crippen LogP contribution >= 0.6 is 0 Å². The maximum atomic E-state index is 6.01. The van der Waals surface area contributed by atoms with E-state index in [1.54, 1.807) is 19.2 Å². The number of aromatic nitrogens is 2. The quantitative estimate of drug-likeness (QED) is 0.768. The lowest BCUT2D eigenvalue weighted by Gasteiger charge is -2.12. The molecule has 1 aliphatic heterocycles. The summed E-state index contributed by atoms with van der Waals surface area (Å²) in [5.74, 6) is 2.61. The molecule has 2 heterocycles. The second-order valence-electron chi connectivity index (χ2n) is 4.98. The number of fused-ring (bicyclic) bond motifs is 2. The summed E-state index contributed by atoms with van der Waals surface area (Å²) in [6.07, 6.45) is 0. The predicted molar refractivity (Wildman–Crippen MR) is 86.4 cm³/mol. The molecular weight excluding hydrogens is 296 g/mol. The molecule has 116 valence electrons. The Labute approximate surface area is 132 Å². The zero-order valence-corrected chi connectivity index (χ0v) is 12.4. The molecule has 0 spiro atoms. The number of ether oxygens (including phenoxy) is 3. The number of nitrogens with zero attached hydrogens (tertiary/aromatic N) is 2. The van der Waals surface area contributed by atoms with Gasteiger partial charge in [-0.15, -0.1) is 0 Å². The highest BCUT2D eigenvalue weighted by Crippen LogP contribution is 2.44. The number of para-hydroxylation sites is 2. The van der Waals surface area contributed by atoms with Gasteiger partial charge < -0.3 is 25.3 Å². The maximum absolute atomic E-state index is 6.01. The molecule has 3 N–H and O–H groups in total. The third-order valence-corrected chi connectivity index (χ3v) is 3.53. The van der Waals surface area contributed by atoms with Crippen molar-refractivity contribution in [2.45, 2.75) is 0 Å². The van der Waals surface area contributed by atoms with Crippen LogP contribution in [0.1, 0.15) is 0 Å². The van der Waals surface area contributed by atoms with Crippen molar-refractivity contribution < 1.29 is 14.2 Å². The molecule has 0 fully saturated rings. The Bertz CT molecular complexity index is 898. The van der Waals surface area contributed by atoms with Crippen LogP contribution in [0.5, 0.6) is 17.2 Å². The van der Waals surface area contributed by atoms with Gasteiger partial charge in [-0.25, -0.2) is 9.97 Å². The fourth-order valence-corrected chi connectivity index (χ4v) is 2.43. The molecule has 7 heteroatoms. The molecule has 0 radical (unpaired) electrons. The topological polar surface area (TPSA) is 91.5 Å². The minimum atomic E-state index is 0.163. The first-order chi connectivity index (χ1) is 11.2. The van der Waals surface area contributed by atoms with Crippen LogP contribution < -0.4 is 25.3 Å². The fourth-order valence-electron chi connectivity index (χ4n) is 2.43. The Hall–Kier alpha value is -3.22. The SMILES string of the molecule is COc1cc(Nc2nc3ccccc3nc2N)c2c(c1)OCO2. The number of nitrogens with one attached hydrogen (secondary N) is 1. The largest absolute Gasteiger partial charge is 0.497 e. The summed E-state index contributed by atoms with van der Waals surface area (Å²) in [4.78, 5) is 8.87. The summed E-state index contributed by atoms with van der Waals surface area (Å²) >= 11 is 0. The molecule has 0 atom stereocenters. The summed E-state index contributed by atoms with van der Waals surface area (Å²) in [7, 11) is 1.59. The van der Waals surface area contributed by atoms with Crippen LogP contribution in [0, 0.1) is 0 Å². The van der Waals surface area contributed by atoms with Gasteiger partial charge in [-0.05, 0) is 12.1 Å². The Balaban J connectivity index is 1.79. The van der Waals surface area contributed by atoms with Crippen LogP contribution in [0.3, 0.4) is 0 Å². The van der Waals surface area contributed by atoms with Crippen molar-refractivity contribution in [2.24, 2.45) is 0 Å². The predicted octanol–water partition coefficient (Wildman–Crippen LogP) is 2.69. The van der Waals surface area contributed by atoms with Crippen LogP contribution in [-0.2, 0) is 0 Å². The number of rotatable bonds is 3. The Morgan fingerprint density at radius 1 is 1.13 bits per heavy atom. The maximum Gasteiger partial charge on any atom is 0.231 e. The molecule has 2 aromatic carbocycles. The van der Waals surface area contributed by atoms with E-state index in [2.05, 4.69) is 15.3 Å². The second kappa shape index (κ2) is 5.20. The fraction of sp³-hybridized carbons (Fsp3) is 0.125. The molecule has 23 heavy (non-hydrogen) atoms. The van der Waals surface area contributed by atoms with Gasteiger partial charge in [-0.3, -0.25) is 0 Å². The Morgan fingerprint density at radius 2 is 1.91 bits per heavy atom. The number of benzene rings is 2. The van der Waals surface area contributed by atoms with E-state index in [1.807, 2.05) is 24.3 Å². The first kappa shape index (κ1) is 13.4. The van der Waals surface area contributed by atoms with E-state index in [0.717, 1.165) is 11.0 Å². The summed E-state index contributed by atoms with van der Waals surface area (Å²) in [5.41, 5.74) is 8.16. The van der Waals surface area contributed by atoms with Gasteiger partial charge >= 0.3 is 0 Å². The van der Waals surface area contributed by atoms with Gasteiger partial charge in [0.05, 0.1) is 23.8 Å². The molecule has 7 nitrogen and oxygen atoms in total. The number of methoxy groups -OCH3 is 1. The van der Waals surface area contributed by atoms with Crippen LogP contribution in [-0.4, -0.2) is 23.9 Å². The molecular formula is C16H14N4O3. The van der Waals surface area contributed by atoms with E-state index in [0.29, 0.717) is 34.6 Å². The van der Waals surface area contributed by atoms with E-state index in [9.17, 15) is 0 Å². The van der Waals surface area contributed by atoms with Crippen LogP contribution in [0.4, 0.5) is 17.3 Å². The zero-order chi connectivity index (χ0) is 15.8. The molecule has 0 saturated heterocycles. The minimum Gasteiger partial charge on any atom is -0.497 e. The molecule has 1 aliphatic rings. The van der Waals surface area contributed by atoms with E-state index in [-0.39, 0.29) is 6.79 Å². The molecule has 4 rings (SSSR count). The number of nitrogen functional groups attached to an aromatic ring is 1. The van der Waals surface area contributed by atoms with E-state index in [4.69, 9.17) is 19.9 Å². The van der Waals surface area contributed by atoms with E-state index >= 15 is 0 Å². The molecule has 3 aromatic rings. The zero-order valence-electron chi connectivity index (χ0n) is 12.4. The Kier molecular flexibility index (Phi) is 3.04. The number of anilines is 3. The van der Waals surface area contributed by atoms with Crippen molar-refractivity contribution in [3.8, 4) is 17.2 Å². The monoisotopic (exact) mass is 310 g/mol. The van der Waals surface area contributed by atoms with E-state index < -0.39 is 0 Å². The molecule has 0 bridgehead atoms. The van der Waals surface area contributed by atoms with Crippen LogP contribution in [0.15, 0.2) is 36.4 Å². The lowest BCUT2D eigenvalue weighted by molar-refractivity contribution is 0.174. The standard InChI is InChI=1S/C16H14N4O3/c1-21-9-6-12(14-13(7-9)22-8-23-14)20-16-15(17)18-10-4-2-3-5-11(10)19-16/h2-7H,8H2,1H3,(H2,17,18)(H,19,20). The van der Waals surface area contributed by atoms with Crippen molar-refractivity contribution in [2.75, 3.05) is 25.0 Å². The average Bonchev–Trinajstić information content (AvgIpc) is 3.04. The molecule has 0 unspecified atom stereocenters. The number of hydrogen-bond donors (Lipinski definition) is 2. The summed E-state index contributed by atoms with van der Waals surface area (Å²) in [6.45, 7) is 0.163. The second-order valence-corrected chi connectivity index (χ2v) is 4.98. The highest BCUT2D eigenvalue weighted by molar-refractivity contribution is 5.82. The summed E-state index contributed by atoms with van der Waals surface area (Å²) in [6, 6.07) is 11.1. The van der Waals surface area contributed by atoms with Crippen molar-refractivity contribution in [1.29, 1.82) is 0 Å². The van der Waals surface area contributed by atoms with Gasteiger partial charge in [-0.1, -0.05) is 12.1 Å².